The van der Waals surface area contributed by atoms with Gasteiger partial charge in [-0.05, 0) is 72.0 Å². The van der Waals surface area contributed by atoms with Crippen molar-refractivity contribution in [3.8, 4) is 11.5 Å². The Morgan fingerprint density at radius 2 is 1.97 bits per heavy atom. The Morgan fingerprint density at radius 3 is 2.73 bits per heavy atom. The van der Waals surface area contributed by atoms with Gasteiger partial charge in [0.25, 0.3) is 11.6 Å². The minimum Gasteiger partial charge on any atom is -0.436 e. The van der Waals surface area contributed by atoms with Crippen LogP contribution >= 0.6 is 34.2 Å². The number of hydrogen-bond acceptors (Lipinski definition) is 5. The van der Waals surface area contributed by atoms with Crippen LogP contribution in [-0.2, 0) is 0 Å². The average molecular weight is 534 g/mol. The van der Waals surface area contributed by atoms with Crippen molar-refractivity contribution < 1.29 is 14.1 Å². The maximum atomic E-state index is 12.5. The first-order valence-corrected chi connectivity index (χ1v) is 10.2. The molecule has 0 radical (unpaired) electrons. The van der Waals surface area contributed by atoms with Crippen LogP contribution in [0.4, 0.5) is 11.4 Å². The van der Waals surface area contributed by atoms with E-state index in [0.717, 1.165) is 3.57 Å². The number of carbonyl (C=O) groups excluding carboxylic acids is 1. The van der Waals surface area contributed by atoms with Crippen LogP contribution < -0.4 is 5.32 Å². The van der Waals surface area contributed by atoms with Gasteiger partial charge in [0.1, 0.15) is 5.52 Å². The van der Waals surface area contributed by atoms with Crippen LogP contribution in [0.15, 0.2) is 59.0 Å². The first-order chi connectivity index (χ1) is 14.3. The van der Waals surface area contributed by atoms with E-state index < -0.39 is 10.8 Å². The van der Waals surface area contributed by atoms with E-state index in [1.165, 1.54) is 6.07 Å². The molecule has 0 fully saturated rings. The van der Waals surface area contributed by atoms with Gasteiger partial charge < -0.3 is 9.73 Å². The molecule has 1 aromatic heterocycles. The van der Waals surface area contributed by atoms with Gasteiger partial charge in [-0.25, -0.2) is 4.98 Å². The number of rotatable bonds is 4. The Labute approximate surface area is 189 Å². The molecule has 0 saturated carbocycles. The van der Waals surface area contributed by atoms with Crippen LogP contribution in [0.5, 0.6) is 0 Å². The van der Waals surface area contributed by atoms with Gasteiger partial charge >= 0.3 is 0 Å². The molecule has 4 rings (SSSR count). The Morgan fingerprint density at radius 1 is 1.17 bits per heavy atom. The van der Waals surface area contributed by atoms with Crippen molar-refractivity contribution >= 4 is 62.6 Å². The lowest BCUT2D eigenvalue weighted by molar-refractivity contribution is -0.385. The normalized spacial score (nSPS) is 10.9. The summed E-state index contributed by atoms with van der Waals surface area (Å²) in [4.78, 5) is 27.6. The van der Waals surface area contributed by atoms with Crippen molar-refractivity contribution in [2.24, 2.45) is 0 Å². The van der Waals surface area contributed by atoms with Crippen molar-refractivity contribution in [3.05, 3.63) is 84.4 Å². The number of aromatic nitrogens is 1. The smallest absolute Gasteiger partial charge is 0.273 e. The lowest BCUT2D eigenvalue weighted by Gasteiger charge is -2.06. The second-order valence-electron chi connectivity index (χ2n) is 6.54. The van der Waals surface area contributed by atoms with Gasteiger partial charge in [0.2, 0.25) is 5.89 Å². The fraction of sp³-hybridized carbons (Fsp3) is 0.0476. The van der Waals surface area contributed by atoms with E-state index in [4.69, 9.17) is 16.0 Å². The van der Waals surface area contributed by atoms with E-state index in [9.17, 15) is 14.9 Å². The van der Waals surface area contributed by atoms with Gasteiger partial charge in [-0.2, -0.15) is 0 Å². The molecule has 1 amide bonds. The third-order valence-corrected chi connectivity index (χ3v) is 5.47. The quantitative estimate of drug-likeness (QED) is 0.191. The van der Waals surface area contributed by atoms with Gasteiger partial charge in [0, 0.05) is 26.5 Å². The van der Waals surface area contributed by atoms with Gasteiger partial charge in [0.15, 0.2) is 5.58 Å². The maximum Gasteiger partial charge on any atom is 0.273 e. The summed E-state index contributed by atoms with van der Waals surface area (Å²) in [6, 6.07) is 14.9. The summed E-state index contributed by atoms with van der Waals surface area (Å²) < 4.78 is 6.80. The fourth-order valence-corrected chi connectivity index (χ4v) is 3.62. The van der Waals surface area contributed by atoms with E-state index in [0.29, 0.717) is 38.8 Å². The molecule has 7 nitrogen and oxygen atoms in total. The van der Waals surface area contributed by atoms with E-state index >= 15 is 0 Å². The molecule has 0 spiro atoms. The molecule has 0 aliphatic carbocycles. The Hall–Kier alpha value is -2.98. The van der Waals surface area contributed by atoms with Gasteiger partial charge in [-0.1, -0.05) is 17.7 Å². The lowest BCUT2D eigenvalue weighted by Crippen LogP contribution is -2.12. The van der Waals surface area contributed by atoms with Crippen LogP contribution in [0.2, 0.25) is 5.02 Å². The SMILES string of the molecule is Cc1ccc(C(=O)Nc2ccc3oc(-c4cc(I)ccc4Cl)nc3c2)cc1[N+](=O)[O-]. The molecular weight excluding hydrogens is 521 g/mol. The van der Waals surface area contributed by atoms with E-state index in [1.807, 2.05) is 12.1 Å². The molecule has 0 aliphatic rings. The Balaban J connectivity index is 1.63. The number of carbonyl (C=O) groups is 1. The Kier molecular flexibility index (Phi) is 5.44. The van der Waals surface area contributed by atoms with Crippen molar-refractivity contribution in [2.75, 3.05) is 5.32 Å². The molecule has 3 aromatic carbocycles. The number of fused-ring (bicyclic) bond motifs is 1. The highest BCUT2D eigenvalue weighted by Crippen LogP contribution is 2.32. The predicted molar refractivity (Wildman–Crippen MR) is 123 cm³/mol. The minimum atomic E-state index is -0.509. The van der Waals surface area contributed by atoms with Crippen molar-refractivity contribution in [1.82, 2.24) is 4.98 Å². The second-order valence-corrected chi connectivity index (χ2v) is 8.19. The number of nitrogens with one attached hydrogen (secondary N) is 1. The summed E-state index contributed by atoms with van der Waals surface area (Å²) in [5.41, 5.74) is 2.84. The minimum absolute atomic E-state index is 0.103. The summed E-state index contributed by atoms with van der Waals surface area (Å²) in [6.07, 6.45) is 0. The number of oxazole rings is 1. The number of aryl methyl sites for hydroxylation is 1. The summed E-state index contributed by atoms with van der Waals surface area (Å²) in [6.45, 7) is 1.62. The molecule has 1 N–H and O–H groups in total. The number of halogens is 2. The number of amides is 1. The third-order valence-electron chi connectivity index (χ3n) is 4.47. The van der Waals surface area contributed by atoms with Crippen LogP contribution in [0.3, 0.4) is 0 Å². The fourth-order valence-electron chi connectivity index (χ4n) is 2.93. The van der Waals surface area contributed by atoms with Crippen LogP contribution in [0, 0.1) is 20.6 Å². The van der Waals surface area contributed by atoms with Gasteiger partial charge in [-0.15, -0.1) is 0 Å². The molecule has 30 heavy (non-hydrogen) atoms. The molecule has 0 unspecified atom stereocenters. The summed E-state index contributed by atoms with van der Waals surface area (Å²) in [7, 11) is 0. The highest BCUT2D eigenvalue weighted by molar-refractivity contribution is 14.1. The molecule has 4 aromatic rings. The van der Waals surface area contributed by atoms with Gasteiger partial charge in [-0.3, -0.25) is 14.9 Å². The predicted octanol–water partition coefficient (Wildman–Crippen LogP) is 6.22. The zero-order valence-electron chi connectivity index (χ0n) is 15.5. The topological polar surface area (TPSA) is 98.3 Å². The molecule has 0 bridgehead atoms. The lowest BCUT2D eigenvalue weighted by atomic mass is 10.1. The number of anilines is 1. The maximum absolute atomic E-state index is 12.5. The molecule has 150 valence electrons. The summed E-state index contributed by atoms with van der Waals surface area (Å²) in [5.74, 6) is -0.0759. The number of nitro groups is 1. The second kappa shape index (κ2) is 8.04. The van der Waals surface area contributed by atoms with E-state index in [1.54, 1.807) is 43.3 Å². The molecule has 0 saturated heterocycles. The first kappa shape index (κ1) is 20.3. The zero-order valence-corrected chi connectivity index (χ0v) is 18.4. The monoisotopic (exact) mass is 533 g/mol. The number of benzene rings is 3. The standard InChI is InChI=1S/C21H13ClIN3O4/c1-11-2-3-12(8-18(11)26(28)29)20(27)24-14-5-7-19-17(10-14)25-21(30-19)15-9-13(23)4-6-16(15)22/h2-10H,1H3,(H,24,27). The summed E-state index contributed by atoms with van der Waals surface area (Å²) >= 11 is 8.45. The van der Waals surface area contributed by atoms with Crippen LogP contribution in [-0.4, -0.2) is 15.8 Å². The zero-order chi connectivity index (χ0) is 21.4. The summed E-state index contributed by atoms with van der Waals surface area (Å²) in [5, 5.41) is 14.4. The molecule has 0 aliphatic heterocycles. The highest BCUT2D eigenvalue weighted by Gasteiger charge is 2.16. The Bertz CT molecular complexity index is 1320. The van der Waals surface area contributed by atoms with Crippen molar-refractivity contribution in [3.63, 3.8) is 0 Å². The van der Waals surface area contributed by atoms with Crippen molar-refractivity contribution in [2.45, 2.75) is 6.92 Å². The van der Waals surface area contributed by atoms with E-state index in [2.05, 4.69) is 32.9 Å². The number of nitrogens with zero attached hydrogens (tertiary/aromatic N) is 2. The van der Waals surface area contributed by atoms with E-state index in [-0.39, 0.29) is 11.3 Å². The molecular formula is C21H13ClIN3O4. The van der Waals surface area contributed by atoms with Crippen LogP contribution in [0.25, 0.3) is 22.6 Å². The number of hydrogen-bond donors (Lipinski definition) is 1. The highest BCUT2D eigenvalue weighted by atomic mass is 127. The van der Waals surface area contributed by atoms with Crippen molar-refractivity contribution in [1.29, 1.82) is 0 Å². The third kappa shape index (κ3) is 4.01. The first-order valence-electron chi connectivity index (χ1n) is 8.74. The molecule has 0 atom stereocenters. The average Bonchev–Trinajstić information content (AvgIpc) is 3.13. The molecule has 9 heteroatoms. The van der Waals surface area contributed by atoms with Crippen LogP contribution in [0.1, 0.15) is 15.9 Å². The van der Waals surface area contributed by atoms with Gasteiger partial charge in [0.05, 0.1) is 15.5 Å². The molecule has 1 heterocycles. The number of nitro benzene ring substituents is 1. The largest absolute Gasteiger partial charge is 0.436 e.